The van der Waals surface area contributed by atoms with E-state index in [9.17, 15) is 13.5 Å². The molecule has 5 heteroatoms. The molecule has 0 aromatic rings. The summed E-state index contributed by atoms with van der Waals surface area (Å²) in [5, 5.41) is 9.68. The molecule has 0 aliphatic rings. The van der Waals surface area contributed by atoms with Gasteiger partial charge in [-0.3, -0.25) is 0 Å². The maximum Gasteiger partial charge on any atom is 0.211 e. The molecule has 15 heavy (non-hydrogen) atoms. The van der Waals surface area contributed by atoms with Crippen LogP contribution in [0.4, 0.5) is 0 Å². The third-order valence-corrected chi connectivity index (χ3v) is 3.80. The minimum absolute atomic E-state index is 0.151. The first-order valence-electron chi connectivity index (χ1n) is 5.34. The van der Waals surface area contributed by atoms with Crippen LogP contribution in [0.15, 0.2) is 0 Å². The topological polar surface area (TPSA) is 66.4 Å². The van der Waals surface area contributed by atoms with Gasteiger partial charge < -0.3 is 5.11 Å². The van der Waals surface area contributed by atoms with Crippen molar-refractivity contribution in [3.8, 4) is 0 Å². The van der Waals surface area contributed by atoms with Crippen LogP contribution in [0.1, 0.15) is 40.5 Å². The minimum Gasteiger partial charge on any atom is -0.393 e. The molecule has 0 rings (SSSR count). The fourth-order valence-electron chi connectivity index (χ4n) is 1.13. The average molecular weight is 237 g/mol. The van der Waals surface area contributed by atoms with Gasteiger partial charge >= 0.3 is 0 Å². The van der Waals surface area contributed by atoms with Crippen molar-refractivity contribution in [2.75, 3.05) is 12.3 Å². The normalized spacial score (nSPS) is 15.3. The molecule has 0 fully saturated rings. The average Bonchev–Trinajstić information content (AvgIpc) is 2.01. The van der Waals surface area contributed by atoms with Gasteiger partial charge in [0.15, 0.2) is 0 Å². The maximum atomic E-state index is 11.3. The number of aliphatic hydroxyl groups excluding tert-OH is 1. The van der Waals surface area contributed by atoms with Gasteiger partial charge in [-0.25, -0.2) is 13.1 Å². The number of rotatable bonds is 6. The monoisotopic (exact) mass is 237 g/mol. The molecule has 0 aromatic carbocycles. The number of nitrogens with one attached hydrogen (secondary N) is 1. The summed E-state index contributed by atoms with van der Waals surface area (Å²) in [6.45, 7) is 7.92. The van der Waals surface area contributed by atoms with Crippen molar-refractivity contribution >= 4 is 10.0 Å². The lowest BCUT2D eigenvalue weighted by molar-refractivity contribution is 0.0571. The molecule has 0 saturated heterocycles. The van der Waals surface area contributed by atoms with Gasteiger partial charge in [0.25, 0.3) is 0 Å². The van der Waals surface area contributed by atoms with Crippen LogP contribution in [0.25, 0.3) is 0 Å². The Morgan fingerprint density at radius 1 is 1.33 bits per heavy atom. The molecule has 1 atom stereocenters. The summed E-state index contributed by atoms with van der Waals surface area (Å²) in [6.07, 6.45) is 0.575. The largest absolute Gasteiger partial charge is 0.393 e. The highest BCUT2D eigenvalue weighted by Crippen LogP contribution is 2.20. The van der Waals surface area contributed by atoms with E-state index in [-0.39, 0.29) is 11.2 Å². The third kappa shape index (κ3) is 6.87. The van der Waals surface area contributed by atoms with Gasteiger partial charge in [0.1, 0.15) is 0 Å². The number of hydrogen-bond donors (Lipinski definition) is 2. The zero-order chi connectivity index (χ0) is 12.1. The number of aliphatic hydroxyl groups is 1. The van der Waals surface area contributed by atoms with Gasteiger partial charge in [-0.1, -0.05) is 27.7 Å². The molecule has 0 bridgehead atoms. The van der Waals surface area contributed by atoms with E-state index in [1.165, 1.54) is 0 Å². The SMILES string of the molecule is CCCS(=O)(=O)NCCC(O)C(C)(C)C. The lowest BCUT2D eigenvalue weighted by Gasteiger charge is -2.25. The van der Waals surface area contributed by atoms with Crippen LogP contribution in [0.5, 0.6) is 0 Å². The first kappa shape index (κ1) is 14.9. The van der Waals surface area contributed by atoms with Gasteiger partial charge in [0, 0.05) is 6.54 Å². The van der Waals surface area contributed by atoms with Crippen LogP contribution < -0.4 is 4.72 Å². The Morgan fingerprint density at radius 2 is 1.87 bits per heavy atom. The second-order valence-electron chi connectivity index (χ2n) is 4.88. The van der Waals surface area contributed by atoms with E-state index >= 15 is 0 Å². The lowest BCUT2D eigenvalue weighted by atomic mass is 9.87. The van der Waals surface area contributed by atoms with Crippen LogP contribution in [0.2, 0.25) is 0 Å². The van der Waals surface area contributed by atoms with Crippen molar-refractivity contribution in [3.05, 3.63) is 0 Å². The summed E-state index contributed by atoms with van der Waals surface area (Å²) in [5.41, 5.74) is -0.198. The Hall–Kier alpha value is -0.130. The summed E-state index contributed by atoms with van der Waals surface area (Å²) < 4.78 is 25.0. The number of sulfonamides is 1. The number of hydrogen-bond acceptors (Lipinski definition) is 3. The van der Waals surface area contributed by atoms with E-state index in [2.05, 4.69) is 4.72 Å². The molecule has 0 radical (unpaired) electrons. The predicted octanol–water partition coefficient (Wildman–Crippen LogP) is 1.11. The Morgan fingerprint density at radius 3 is 2.27 bits per heavy atom. The fraction of sp³-hybridized carbons (Fsp3) is 1.00. The Bertz CT molecular complexity index is 267. The van der Waals surface area contributed by atoms with E-state index in [0.717, 1.165) is 0 Å². The van der Waals surface area contributed by atoms with Gasteiger partial charge in [-0.2, -0.15) is 0 Å². The first-order valence-corrected chi connectivity index (χ1v) is 6.99. The summed E-state index contributed by atoms with van der Waals surface area (Å²) in [6, 6.07) is 0. The molecule has 4 nitrogen and oxygen atoms in total. The van der Waals surface area contributed by atoms with Gasteiger partial charge in [0.2, 0.25) is 10.0 Å². The third-order valence-electron chi connectivity index (χ3n) is 2.21. The van der Waals surface area contributed by atoms with Gasteiger partial charge in [-0.05, 0) is 18.3 Å². The molecule has 0 spiro atoms. The van der Waals surface area contributed by atoms with Crippen molar-refractivity contribution < 1.29 is 13.5 Å². The molecular formula is C10H23NO3S. The zero-order valence-electron chi connectivity index (χ0n) is 10.1. The molecule has 0 heterocycles. The summed E-state index contributed by atoms with van der Waals surface area (Å²) in [7, 11) is -3.13. The molecule has 92 valence electrons. The first-order chi connectivity index (χ1) is 6.69. The van der Waals surface area contributed by atoms with Crippen molar-refractivity contribution in [3.63, 3.8) is 0 Å². The van der Waals surface area contributed by atoms with E-state index < -0.39 is 16.1 Å². The standard InChI is InChI=1S/C10H23NO3S/c1-5-8-15(13,14)11-7-6-9(12)10(2,3)4/h9,11-12H,5-8H2,1-4H3. The molecule has 2 N–H and O–H groups in total. The highest BCUT2D eigenvalue weighted by molar-refractivity contribution is 7.89. The Kier molecular flexibility index (Phi) is 5.77. The maximum absolute atomic E-state index is 11.3. The van der Waals surface area contributed by atoms with E-state index in [4.69, 9.17) is 0 Å². The summed E-state index contributed by atoms with van der Waals surface area (Å²) in [5.74, 6) is 0.151. The molecule has 0 amide bonds. The van der Waals surface area contributed by atoms with Crippen molar-refractivity contribution in [1.29, 1.82) is 0 Å². The molecular weight excluding hydrogens is 214 g/mol. The van der Waals surface area contributed by atoms with Crippen LogP contribution in [0.3, 0.4) is 0 Å². The molecule has 0 aromatic heterocycles. The molecule has 0 aliphatic heterocycles. The summed E-state index contributed by atoms with van der Waals surface area (Å²) >= 11 is 0. The van der Waals surface area contributed by atoms with Crippen LogP contribution in [0, 0.1) is 5.41 Å². The highest BCUT2D eigenvalue weighted by atomic mass is 32.2. The van der Waals surface area contributed by atoms with Crippen LogP contribution >= 0.6 is 0 Å². The predicted molar refractivity (Wildman–Crippen MR) is 62.2 cm³/mol. The van der Waals surface area contributed by atoms with Crippen molar-refractivity contribution in [2.24, 2.45) is 5.41 Å². The van der Waals surface area contributed by atoms with Gasteiger partial charge in [0.05, 0.1) is 11.9 Å². The second-order valence-corrected chi connectivity index (χ2v) is 6.81. The van der Waals surface area contributed by atoms with E-state index in [1.54, 1.807) is 0 Å². The van der Waals surface area contributed by atoms with E-state index in [1.807, 2.05) is 27.7 Å². The Labute approximate surface area is 93.1 Å². The molecule has 0 saturated carbocycles. The van der Waals surface area contributed by atoms with Crippen LogP contribution in [-0.2, 0) is 10.0 Å². The summed E-state index contributed by atoms with van der Waals surface area (Å²) in [4.78, 5) is 0. The fourth-order valence-corrected chi connectivity index (χ4v) is 2.24. The molecule has 1 unspecified atom stereocenters. The molecule has 0 aliphatic carbocycles. The quantitative estimate of drug-likeness (QED) is 0.727. The van der Waals surface area contributed by atoms with Gasteiger partial charge in [-0.15, -0.1) is 0 Å². The van der Waals surface area contributed by atoms with Crippen LogP contribution in [-0.4, -0.2) is 31.9 Å². The lowest BCUT2D eigenvalue weighted by Crippen LogP contribution is -2.33. The highest BCUT2D eigenvalue weighted by Gasteiger charge is 2.22. The second kappa shape index (κ2) is 5.82. The van der Waals surface area contributed by atoms with Crippen molar-refractivity contribution in [2.45, 2.75) is 46.6 Å². The van der Waals surface area contributed by atoms with E-state index in [0.29, 0.717) is 19.4 Å². The minimum atomic E-state index is -3.13. The Balaban J connectivity index is 3.90. The zero-order valence-corrected chi connectivity index (χ0v) is 10.9. The van der Waals surface area contributed by atoms with Crippen molar-refractivity contribution in [1.82, 2.24) is 4.72 Å². The smallest absolute Gasteiger partial charge is 0.211 e.